The number of nitrogens with one attached hydrogen (secondary N) is 1. The van der Waals surface area contributed by atoms with Gasteiger partial charge in [-0.25, -0.2) is 9.18 Å². The fraction of sp³-hybridized carbons (Fsp3) is 0.235. The molecule has 8 heteroatoms. The molecule has 2 aromatic heterocycles. The number of thiophene rings is 1. The summed E-state index contributed by atoms with van der Waals surface area (Å²) in [5.41, 5.74) is 1.07. The summed E-state index contributed by atoms with van der Waals surface area (Å²) in [5.74, 6) is -0.845. The quantitative estimate of drug-likeness (QED) is 0.756. The van der Waals surface area contributed by atoms with Crippen molar-refractivity contribution in [3.8, 4) is 0 Å². The van der Waals surface area contributed by atoms with Crippen molar-refractivity contribution in [3.63, 3.8) is 0 Å². The van der Waals surface area contributed by atoms with Gasteiger partial charge in [0.1, 0.15) is 10.7 Å². The second-order valence-corrected chi connectivity index (χ2v) is 7.02. The zero-order valence-corrected chi connectivity index (χ0v) is 15.2. The maximum Gasteiger partial charge on any atom is 0.348 e. The molecule has 0 saturated heterocycles. The molecule has 130 valence electrons. The van der Waals surface area contributed by atoms with Crippen molar-refractivity contribution in [2.24, 2.45) is 0 Å². The third-order valence-electron chi connectivity index (χ3n) is 3.78. The van der Waals surface area contributed by atoms with Crippen molar-refractivity contribution in [2.45, 2.75) is 20.4 Å². The van der Waals surface area contributed by atoms with Gasteiger partial charge in [0.15, 0.2) is 0 Å². The van der Waals surface area contributed by atoms with E-state index < -0.39 is 11.7 Å². The summed E-state index contributed by atoms with van der Waals surface area (Å²) in [4.78, 5) is 28.4. The molecule has 1 N–H and O–H groups in total. The lowest BCUT2D eigenvalue weighted by atomic mass is 10.2. The van der Waals surface area contributed by atoms with Crippen LogP contribution >= 0.6 is 22.9 Å². The summed E-state index contributed by atoms with van der Waals surface area (Å²) in [6.07, 6.45) is 0. The Labute approximate surface area is 152 Å². The number of aryl methyl sites for hydroxylation is 2. The molecule has 25 heavy (non-hydrogen) atoms. The zero-order chi connectivity index (χ0) is 18.1. The number of carbonyl (C=O) groups excluding carboxylic acids is 1. The Balaban J connectivity index is 1.75. The monoisotopic (exact) mass is 379 g/mol. The van der Waals surface area contributed by atoms with Crippen LogP contribution in [0.1, 0.15) is 21.1 Å². The van der Waals surface area contributed by atoms with Crippen LogP contribution in [-0.4, -0.2) is 22.0 Å². The van der Waals surface area contributed by atoms with Gasteiger partial charge < -0.3 is 5.32 Å². The number of hydrogen-bond donors (Lipinski definition) is 1. The highest BCUT2D eigenvalue weighted by Crippen LogP contribution is 2.36. The Bertz CT molecular complexity index is 1030. The van der Waals surface area contributed by atoms with Crippen LogP contribution < -0.4 is 11.0 Å². The molecule has 0 aliphatic rings. The van der Waals surface area contributed by atoms with Crippen LogP contribution in [0.3, 0.4) is 0 Å². The van der Waals surface area contributed by atoms with Crippen LogP contribution in [-0.2, 0) is 6.54 Å². The van der Waals surface area contributed by atoms with Crippen LogP contribution in [0.2, 0.25) is 5.02 Å². The Morgan fingerprint density at radius 2 is 2.16 bits per heavy atom. The molecule has 0 radical (unpaired) electrons. The van der Waals surface area contributed by atoms with Gasteiger partial charge in [-0.1, -0.05) is 17.7 Å². The Hall–Kier alpha value is -2.25. The molecule has 0 unspecified atom stereocenters. The number of halogens is 2. The van der Waals surface area contributed by atoms with Gasteiger partial charge in [0.25, 0.3) is 5.91 Å². The van der Waals surface area contributed by atoms with E-state index in [1.807, 2.05) is 6.92 Å². The maximum atomic E-state index is 13.9. The van der Waals surface area contributed by atoms with E-state index in [1.165, 1.54) is 10.6 Å². The lowest BCUT2D eigenvalue weighted by Gasteiger charge is -2.10. The first-order chi connectivity index (χ1) is 11.9. The molecule has 0 atom stereocenters. The molecule has 1 amide bonds. The van der Waals surface area contributed by atoms with Gasteiger partial charge in [0, 0.05) is 34.6 Å². The van der Waals surface area contributed by atoms with Crippen molar-refractivity contribution >= 4 is 38.9 Å². The molecule has 2 heterocycles. The van der Waals surface area contributed by atoms with E-state index in [-0.39, 0.29) is 27.5 Å². The predicted octanol–water partition coefficient (Wildman–Crippen LogP) is 3.30. The van der Waals surface area contributed by atoms with E-state index in [2.05, 4.69) is 10.3 Å². The molecule has 1 aromatic carbocycles. The molecule has 3 aromatic rings. The van der Waals surface area contributed by atoms with Crippen LogP contribution in [0.15, 0.2) is 29.1 Å². The van der Waals surface area contributed by atoms with E-state index in [0.717, 1.165) is 17.0 Å². The van der Waals surface area contributed by atoms with E-state index in [9.17, 15) is 14.0 Å². The Morgan fingerprint density at radius 1 is 1.40 bits per heavy atom. The van der Waals surface area contributed by atoms with E-state index in [4.69, 9.17) is 11.6 Å². The molecule has 0 fully saturated rings. The second-order valence-electron chi connectivity index (χ2n) is 5.59. The Morgan fingerprint density at radius 3 is 2.84 bits per heavy atom. The van der Waals surface area contributed by atoms with Crippen molar-refractivity contribution in [2.75, 3.05) is 6.54 Å². The summed E-state index contributed by atoms with van der Waals surface area (Å²) >= 11 is 7.30. The first-order valence-electron chi connectivity index (χ1n) is 7.58. The highest BCUT2D eigenvalue weighted by Gasteiger charge is 2.19. The number of benzene rings is 1. The maximum absolute atomic E-state index is 13.9. The number of carbonyl (C=O) groups is 1. The van der Waals surface area contributed by atoms with Crippen molar-refractivity contribution < 1.29 is 9.18 Å². The molecule has 0 spiro atoms. The van der Waals surface area contributed by atoms with Crippen LogP contribution in [0.5, 0.6) is 0 Å². The molecule has 0 aliphatic carbocycles. The van der Waals surface area contributed by atoms with Gasteiger partial charge >= 0.3 is 5.69 Å². The van der Waals surface area contributed by atoms with E-state index in [1.54, 1.807) is 25.1 Å². The SMILES string of the molecule is Cc1cc(C)n(CCNC(=O)c2sc3cccc(F)c3c2Cl)c(=O)n1. The van der Waals surface area contributed by atoms with Crippen molar-refractivity contribution in [1.82, 2.24) is 14.9 Å². The fourth-order valence-corrected chi connectivity index (χ4v) is 4.10. The molecule has 0 aliphatic heterocycles. The minimum Gasteiger partial charge on any atom is -0.349 e. The Kier molecular flexibility index (Phi) is 4.87. The second kappa shape index (κ2) is 6.93. The topological polar surface area (TPSA) is 64.0 Å². The first kappa shape index (κ1) is 17.6. The van der Waals surface area contributed by atoms with Crippen LogP contribution in [0, 0.1) is 19.7 Å². The summed E-state index contributed by atoms with van der Waals surface area (Å²) in [6.45, 7) is 4.09. The van der Waals surface area contributed by atoms with Crippen LogP contribution in [0.4, 0.5) is 4.39 Å². The number of aromatic nitrogens is 2. The highest BCUT2D eigenvalue weighted by molar-refractivity contribution is 7.21. The normalized spacial score (nSPS) is 11.0. The largest absolute Gasteiger partial charge is 0.349 e. The zero-order valence-electron chi connectivity index (χ0n) is 13.6. The predicted molar refractivity (Wildman–Crippen MR) is 97.1 cm³/mol. The van der Waals surface area contributed by atoms with Crippen molar-refractivity contribution in [1.29, 1.82) is 0 Å². The highest BCUT2D eigenvalue weighted by atomic mass is 35.5. The average molecular weight is 380 g/mol. The van der Waals surface area contributed by atoms with Gasteiger partial charge in [0.2, 0.25) is 0 Å². The number of amides is 1. The summed E-state index contributed by atoms with van der Waals surface area (Å²) in [7, 11) is 0. The standard InChI is InChI=1S/C17H15ClFN3O2S/c1-9-8-10(2)22(17(24)21-9)7-6-20-16(23)15-14(18)13-11(19)4-3-5-12(13)25-15/h3-5,8H,6-7H2,1-2H3,(H,20,23). The third-order valence-corrected chi connectivity index (χ3v) is 5.42. The smallest absolute Gasteiger partial charge is 0.348 e. The molecule has 0 bridgehead atoms. The number of nitrogens with zero attached hydrogens (tertiary/aromatic N) is 2. The molecule has 5 nitrogen and oxygen atoms in total. The fourth-order valence-electron chi connectivity index (χ4n) is 2.62. The lowest BCUT2D eigenvalue weighted by molar-refractivity contribution is 0.0956. The average Bonchev–Trinajstić information content (AvgIpc) is 2.88. The van der Waals surface area contributed by atoms with E-state index >= 15 is 0 Å². The minimum atomic E-state index is -0.453. The van der Waals surface area contributed by atoms with Gasteiger partial charge in [-0.2, -0.15) is 4.98 Å². The number of rotatable bonds is 4. The molecule has 3 rings (SSSR count). The summed E-state index contributed by atoms with van der Waals surface area (Å²) in [6, 6.07) is 6.40. The van der Waals surface area contributed by atoms with Crippen molar-refractivity contribution in [3.05, 3.63) is 61.9 Å². The molecular weight excluding hydrogens is 365 g/mol. The number of hydrogen-bond acceptors (Lipinski definition) is 4. The molecular formula is C17H15ClFN3O2S. The summed E-state index contributed by atoms with van der Waals surface area (Å²) in [5, 5.41) is 3.09. The summed E-state index contributed by atoms with van der Waals surface area (Å²) < 4.78 is 16.0. The third kappa shape index (κ3) is 3.43. The van der Waals surface area contributed by atoms with Gasteiger partial charge in [-0.3, -0.25) is 9.36 Å². The van der Waals surface area contributed by atoms with Gasteiger partial charge in [0.05, 0.1) is 5.02 Å². The van der Waals surface area contributed by atoms with Crippen LogP contribution in [0.25, 0.3) is 10.1 Å². The van der Waals surface area contributed by atoms with E-state index in [0.29, 0.717) is 16.9 Å². The number of fused-ring (bicyclic) bond motifs is 1. The van der Waals surface area contributed by atoms with Gasteiger partial charge in [-0.15, -0.1) is 11.3 Å². The lowest BCUT2D eigenvalue weighted by Crippen LogP contribution is -2.32. The minimum absolute atomic E-state index is 0.112. The van der Waals surface area contributed by atoms with Gasteiger partial charge in [-0.05, 0) is 32.0 Å². The first-order valence-corrected chi connectivity index (χ1v) is 8.77. The molecule has 0 saturated carbocycles.